The standard InChI is InChI=1S/C32H39BrF4N4O3/c1-38(21-29(42)24-15-25(32(35,36)37)17-26(33)16-24)18-23(22-4-6-27(34)7-5-22)8-9-39-19-28(20-39)40-10-12-41(13-11-40)31(43)30-3-2-14-44-30/h4-7,15-17,23,28,30H,2-3,8-14,18-21H2,1H3/t23-,30?/m1/s1. The van der Waals surface area contributed by atoms with Crippen molar-refractivity contribution in [2.45, 2.75) is 43.5 Å². The summed E-state index contributed by atoms with van der Waals surface area (Å²) in [6.07, 6.45) is -2.27. The van der Waals surface area contributed by atoms with Crippen molar-refractivity contribution in [2.75, 3.05) is 72.6 Å². The normalized spacial score (nSPS) is 21.1. The third-order valence-electron chi connectivity index (χ3n) is 8.91. The predicted octanol–water partition coefficient (Wildman–Crippen LogP) is 4.90. The molecule has 7 nitrogen and oxygen atoms in total. The second-order valence-electron chi connectivity index (χ2n) is 12.2. The number of rotatable bonds is 11. The number of Topliss-reactive ketones (excluding diaryl/α,β-unsaturated/α-hetero) is 1. The molecule has 5 rings (SSSR count). The molecule has 12 heteroatoms. The average molecular weight is 684 g/mol. The van der Waals surface area contributed by atoms with Gasteiger partial charge in [-0.3, -0.25) is 19.4 Å². The Hall–Kier alpha value is -2.38. The molecule has 2 aromatic carbocycles. The summed E-state index contributed by atoms with van der Waals surface area (Å²) in [7, 11) is 1.78. The van der Waals surface area contributed by atoms with E-state index in [1.807, 2.05) is 9.80 Å². The van der Waals surface area contributed by atoms with Crippen LogP contribution < -0.4 is 0 Å². The van der Waals surface area contributed by atoms with Crippen LogP contribution in [-0.2, 0) is 15.7 Å². The van der Waals surface area contributed by atoms with Crippen molar-refractivity contribution >= 4 is 27.6 Å². The first kappa shape index (κ1) is 33.0. The van der Waals surface area contributed by atoms with Crippen LogP contribution >= 0.6 is 15.9 Å². The van der Waals surface area contributed by atoms with Gasteiger partial charge in [0.25, 0.3) is 5.91 Å². The van der Waals surface area contributed by atoms with Gasteiger partial charge >= 0.3 is 6.18 Å². The Labute approximate surface area is 264 Å². The summed E-state index contributed by atoms with van der Waals surface area (Å²) in [4.78, 5) is 34.2. The Bertz CT molecular complexity index is 1290. The number of amides is 1. The maximum atomic E-state index is 13.7. The largest absolute Gasteiger partial charge is 0.416 e. The van der Waals surface area contributed by atoms with Crippen molar-refractivity contribution in [3.8, 4) is 0 Å². The number of nitrogens with zero attached hydrogens (tertiary/aromatic N) is 4. The summed E-state index contributed by atoms with van der Waals surface area (Å²) >= 11 is 3.09. The SMILES string of the molecule is CN(CC(=O)c1cc(Br)cc(C(F)(F)F)c1)C[C@@H](CCN1CC(N2CCN(C(=O)C3CCCO3)CC2)C1)c1ccc(F)cc1. The van der Waals surface area contributed by atoms with Gasteiger partial charge in [0.1, 0.15) is 11.9 Å². The molecule has 0 aliphatic carbocycles. The summed E-state index contributed by atoms with van der Waals surface area (Å²) in [5, 5.41) is 0. The van der Waals surface area contributed by atoms with Crippen LogP contribution in [0.4, 0.5) is 17.6 Å². The molecule has 0 aromatic heterocycles. The Kier molecular flexibility index (Phi) is 10.8. The monoisotopic (exact) mass is 682 g/mol. The number of benzene rings is 2. The van der Waals surface area contributed by atoms with Gasteiger partial charge in [0.05, 0.1) is 12.1 Å². The van der Waals surface area contributed by atoms with Gasteiger partial charge in [-0.1, -0.05) is 28.1 Å². The zero-order valence-corrected chi connectivity index (χ0v) is 26.5. The number of likely N-dealkylation sites (N-methyl/N-ethyl adjacent to an activating group) is 1. The lowest BCUT2D eigenvalue weighted by atomic mass is 9.93. The van der Waals surface area contributed by atoms with Gasteiger partial charge < -0.3 is 14.5 Å². The van der Waals surface area contributed by atoms with Crippen LogP contribution in [0.3, 0.4) is 0 Å². The summed E-state index contributed by atoms with van der Waals surface area (Å²) in [5.41, 5.74) is 0.0844. The molecule has 0 spiro atoms. The van der Waals surface area contributed by atoms with Gasteiger partial charge in [0.2, 0.25) is 0 Å². The van der Waals surface area contributed by atoms with E-state index in [-0.39, 0.29) is 40.3 Å². The maximum Gasteiger partial charge on any atom is 0.416 e. The van der Waals surface area contributed by atoms with Crippen LogP contribution in [0, 0.1) is 5.82 Å². The highest BCUT2D eigenvalue weighted by Gasteiger charge is 2.36. The fourth-order valence-electron chi connectivity index (χ4n) is 6.37. The summed E-state index contributed by atoms with van der Waals surface area (Å²) in [6.45, 7) is 7.00. The van der Waals surface area contributed by atoms with Crippen molar-refractivity contribution in [2.24, 2.45) is 0 Å². The van der Waals surface area contributed by atoms with Crippen molar-refractivity contribution in [3.63, 3.8) is 0 Å². The smallest absolute Gasteiger partial charge is 0.368 e. The van der Waals surface area contributed by atoms with Gasteiger partial charge in [-0.15, -0.1) is 0 Å². The van der Waals surface area contributed by atoms with Gasteiger partial charge in [0, 0.05) is 68.5 Å². The van der Waals surface area contributed by atoms with Crippen LogP contribution in [0.15, 0.2) is 46.9 Å². The molecule has 2 aromatic rings. The average Bonchev–Trinajstić information content (AvgIpc) is 3.50. The molecule has 3 aliphatic heterocycles. The quantitative estimate of drug-likeness (QED) is 0.248. The number of hydrogen-bond donors (Lipinski definition) is 0. The Morgan fingerprint density at radius 3 is 2.41 bits per heavy atom. The summed E-state index contributed by atoms with van der Waals surface area (Å²) in [6, 6.07) is 10.1. The van der Waals surface area contributed by atoms with E-state index in [4.69, 9.17) is 4.74 Å². The molecule has 2 atom stereocenters. The van der Waals surface area contributed by atoms with Crippen molar-refractivity contribution in [3.05, 3.63) is 69.4 Å². The van der Waals surface area contributed by atoms with Crippen LogP contribution in [0.2, 0.25) is 0 Å². The van der Waals surface area contributed by atoms with E-state index >= 15 is 0 Å². The molecular weight excluding hydrogens is 644 g/mol. The Morgan fingerprint density at radius 2 is 1.77 bits per heavy atom. The Morgan fingerprint density at radius 1 is 1.07 bits per heavy atom. The van der Waals surface area contributed by atoms with Gasteiger partial charge in [-0.25, -0.2) is 4.39 Å². The van der Waals surface area contributed by atoms with E-state index in [9.17, 15) is 27.2 Å². The first-order valence-electron chi connectivity index (χ1n) is 15.2. The van der Waals surface area contributed by atoms with Crippen LogP contribution in [0.25, 0.3) is 0 Å². The second-order valence-corrected chi connectivity index (χ2v) is 13.1. The lowest BCUT2D eigenvalue weighted by Gasteiger charge is -2.48. The second kappa shape index (κ2) is 14.4. The van der Waals surface area contributed by atoms with E-state index < -0.39 is 17.5 Å². The molecule has 0 radical (unpaired) electrons. The molecule has 0 N–H and O–H groups in total. The maximum absolute atomic E-state index is 13.7. The minimum absolute atomic E-state index is 0.000530. The number of piperazine rings is 1. The number of carbonyl (C=O) groups excluding carboxylic acids is 2. The molecule has 3 fully saturated rings. The van der Waals surface area contributed by atoms with Crippen molar-refractivity contribution < 1.29 is 31.9 Å². The molecule has 240 valence electrons. The molecular formula is C32H39BrF4N4O3. The topological polar surface area (TPSA) is 56.3 Å². The molecule has 0 saturated carbocycles. The lowest BCUT2D eigenvalue weighted by Crippen LogP contribution is -2.63. The number of alkyl halides is 3. The zero-order valence-electron chi connectivity index (χ0n) is 24.9. The van der Waals surface area contributed by atoms with Crippen LogP contribution in [-0.4, -0.2) is 116 Å². The number of halogens is 5. The van der Waals surface area contributed by atoms with Crippen LogP contribution in [0.5, 0.6) is 0 Å². The lowest BCUT2D eigenvalue weighted by molar-refractivity contribution is -0.143. The highest BCUT2D eigenvalue weighted by atomic mass is 79.9. The fraction of sp³-hybridized carbons (Fsp3) is 0.562. The minimum Gasteiger partial charge on any atom is -0.368 e. The predicted molar refractivity (Wildman–Crippen MR) is 162 cm³/mol. The molecule has 0 bridgehead atoms. The summed E-state index contributed by atoms with van der Waals surface area (Å²) < 4.78 is 59.3. The van der Waals surface area contributed by atoms with Crippen LogP contribution in [0.1, 0.15) is 46.7 Å². The fourth-order valence-corrected chi connectivity index (χ4v) is 6.86. The number of likely N-dealkylation sites (tertiary alicyclic amines) is 1. The molecule has 44 heavy (non-hydrogen) atoms. The van der Waals surface area contributed by atoms with Gasteiger partial charge in [0.15, 0.2) is 5.78 Å². The Balaban J connectivity index is 1.12. The highest BCUT2D eigenvalue weighted by Crippen LogP contribution is 2.32. The molecule has 3 aliphatic rings. The number of ketones is 1. The molecule has 1 unspecified atom stereocenters. The number of carbonyl (C=O) groups is 2. The molecule has 1 amide bonds. The van der Waals surface area contributed by atoms with E-state index in [1.54, 1.807) is 19.2 Å². The molecule has 3 saturated heterocycles. The van der Waals surface area contributed by atoms with Crippen molar-refractivity contribution in [1.29, 1.82) is 0 Å². The van der Waals surface area contributed by atoms with Gasteiger partial charge in [-0.05, 0) is 74.7 Å². The van der Waals surface area contributed by atoms with Gasteiger partial charge in [-0.2, -0.15) is 13.2 Å². The third kappa shape index (κ3) is 8.45. The number of hydrogen-bond acceptors (Lipinski definition) is 6. The third-order valence-corrected chi connectivity index (χ3v) is 9.37. The van der Waals surface area contributed by atoms with E-state index in [1.165, 1.54) is 18.2 Å². The van der Waals surface area contributed by atoms with E-state index in [2.05, 4.69) is 25.7 Å². The highest BCUT2D eigenvalue weighted by molar-refractivity contribution is 9.10. The summed E-state index contributed by atoms with van der Waals surface area (Å²) in [5.74, 6) is -0.596. The van der Waals surface area contributed by atoms with E-state index in [0.717, 1.165) is 82.8 Å². The minimum atomic E-state index is -4.55. The van der Waals surface area contributed by atoms with E-state index in [0.29, 0.717) is 19.2 Å². The van der Waals surface area contributed by atoms with Crippen molar-refractivity contribution in [1.82, 2.24) is 19.6 Å². The first-order valence-corrected chi connectivity index (χ1v) is 16.0. The number of ether oxygens (including phenoxy) is 1. The molecule has 3 heterocycles. The first-order chi connectivity index (χ1) is 21.0. The zero-order chi connectivity index (χ0) is 31.4.